The van der Waals surface area contributed by atoms with Gasteiger partial charge in [0.05, 0.1) is 6.54 Å². The fourth-order valence-electron chi connectivity index (χ4n) is 4.03. The molecule has 2 aliphatic rings. The maximum absolute atomic E-state index is 13.1. The molecule has 6 nitrogen and oxygen atoms in total. The minimum Gasteiger partial charge on any atom is -0.370 e. The van der Waals surface area contributed by atoms with Crippen molar-refractivity contribution in [3.63, 3.8) is 0 Å². The number of piperidine rings is 1. The molecule has 0 radical (unpaired) electrons. The molecule has 2 heterocycles. The molecule has 0 saturated carbocycles. The number of nitrogens with zero attached hydrogens (tertiary/aromatic N) is 3. The predicted octanol–water partition coefficient (Wildman–Crippen LogP) is 1.45. The molecule has 1 atom stereocenters. The number of carbonyl (C=O) groups excluding carboxylic acids is 2. The summed E-state index contributed by atoms with van der Waals surface area (Å²) in [6.45, 7) is 5.16. The summed E-state index contributed by atoms with van der Waals surface area (Å²) < 4.78 is 13.1. The Bertz CT molecular complexity index is 644. The highest BCUT2D eigenvalue weighted by atomic mass is 19.1. The van der Waals surface area contributed by atoms with Gasteiger partial charge in [0.1, 0.15) is 5.82 Å². The molecule has 2 amide bonds. The molecule has 1 aromatic carbocycles. The Morgan fingerprint density at radius 2 is 1.78 bits per heavy atom. The van der Waals surface area contributed by atoms with Crippen LogP contribution in [0.1, 0.15) is 25.7 Å². The Morgan fingerprint density at radius 1 is 1.07 bits per heavy atom. The Labute approximate surface area is 160 Å². The summed E-state index contributed by atoms with van der Waals surface area (Å²) in [5, 5.41) is 0. The molecule has 0 bridgehead atoms. The van der Waals surface area contributed by atoms with Gasteiger partial charge in [-0.1, -0.05) is 0 Å². The maximum Gasteiger partial charge on any atom is 0.236 e. The summed E-state index contributed by atoms with van der Waals surface area (Å²) in [6.07, 6.45) is 3.41. The third-order valence-corrected chi connectivity index (χ3v) is 5.59. The van der Waals surface area contributed by atoms with Gasteiger partial charge < -0.3 is 15.5 Å². The number of hydrogen-bond donors (Lipinski definition) is 1. The van der Waals surface area contributed by atoms with E-state index in [0.717, 1.165) is 51.1 Å². The molecule has 7 heteroatoms. The van der Waals surface area contributed by atoms with Crippen molar-refractivity contribution in [2.75, 3.05) is 50.7 Å². The van der Waals surface area contributed by atoms with Crippen LogP contribution in [0, 0.1) is 11.7 Å². The van der Waals surface area contributed by atoms with Gasteiger partial charge in [0.25, 0.3) is 0 Å². The predicted molar refractivity (Wildman–Crippen MR) is 103 cm³/mol. The molecule has 148 valence electrons. The Hall–Kier alpha value is -2.15. The first-order valence-electron chi connectivity index (χ1n) is 9.80. The second-order valence-electron chi connectivity index (χ2n) is 7.59. The molecule has 2 N–H and O–H groups in total. The molecule has 27 heavy (non-hydrogen) atoms. The summed E-state index contributed by atoms with van der Waals surface area (Å²) in [6, 6.07) is 6.51. The van der Waals surface area contributed by atoms with Crippen molar-refractivity contribution in [2.24, 2.45) is 11.7 Å². The molecule has 1 unspecified atom stereocenters. The lowest BCUT2D eigenvalue weighted by Gasteiger charge is -2.38. The lowest BCUT2D eigenvalue weighted by molar-refractivity contribution is -0.133. The van der Waals surface area contributed by atoms with Crippen LogP contribution in [0.3, 0.4) is 0 Å². The lowest BCUT2D eigenvalue weighted by Crippen LogP contribution is -2.52. The molecule has 2 aliphatic heterocycles. The van der Waals surface area contributed by atoms with Gasteiger partial charge in [0, 0.05) is 44.8 Å². The third-order valence-electron chi connectivity index (χ3n) is 5.59. The van der Waals surface area contributed by atoms with E-state index in [1.165, 1.54) is 12.1 Å². The summed E-state index contributed by atoms with van der Waals surface area (Å²) >= 11 is 0. The van der Waals surface area contributed by atoms with E-state index in [1.54, 1.807) is 12.1 Å². The molecule has 1 aromatic rings. The van der Waals surface area contributed by atoms with Gasteiger partial charge in [0.15, 0.2) is 0 Å². The lowest BCUT2D eigenvalue weighted by atomic mass is 9.93. The monoisotopic (exact) mass is 376 g/mol. The fourth-order valence-corrected chi connectivity index (χ4v) is 4.03. The van der Waals surface area contributed by atoms with Gasteiger partial charge in [-0.15, -0.1) is 0 Å². The SMILES string of the molecule is NC(=O)CCC1CCCN(CC(=O)N2CCN(c3ccc(F)cc3)CC2)C1. The number of hydrogen-bond acceptors (Lipinski definition) is 4. The van der Waals surface area contributed by atoms with Crippen LogP contribution in [0.5, 0.6) is 0 Å². The first-order chi connectivity index (χ1) is 13.0. The number of benzene rings is 1. The van der Waals surface area contributed by atoms with E-state index >= 15 is 0 Å². The molecule has 0 aliphatic carbocycles. The first-order valence-corrected chi connectivity index (χ1v) is 9.80. The van der Waals surface area contributed by atoms with E-state index in [0.29, 0.717) is 32.0 Å². The second-order valence-corrected chi connectivity index (χ2v) is 7.59. The number of rotatable bonds is 6. The van der Waals surface area contributed by atoms with Crippen molar-refractivity contribution < 1.29 is 14.0 Å². The second kappa shape index (κ2) is 9.17. The van der Waals surface area contributed by atoms with Crippen LogP contribution in [0.15, 0.2) is 24.3 Å². The van der Waals surface area contributed by atoms with E-state index < -0.39 is 0 Å². The number of primary amides is 1. The number of anilines is 1. The van der Waals surface area contributed by atoms with Crippen molar-refractivity contribution in [3.8, 4) is 0 Å². The number of nitrogens with two attached hydrogens (primary N) is 1. The van der Waals surface area contributed by atoms with Gasteiger partial charge in [-0.2, -0.15) is 0 Å². The molecule has 2 fully saturated rings. The van der Waals surface area contributed by atoms with Crippen LogP contribution in [-0.2, 0) is 9.59 Å². The number of likely N-dealkylation sites (tertiary alicyclic amines) is 1. The van der Waals surface area contributed by atoms with E-state index in [4.69, 9.17) is 5.73 Å². The van der Waals surface area contributed by atoms with Crippen LogP contribution < -0.4 is 10.6 Å². The zero-order chi connectivity index (χ0) is 19.2. The largest absolute Gasteiger partial charge is 0.370 e. The Kier molecular flexibility index (Phi) is 6.66. The third kappa shape index (κ3) is 5.66. The topological polar surface area (TPSA) is 69.9 Å². The smallest absolute Gasteiger partial charge is 0.236 e. The van der Waals surface area contributed by atoms with Crippen molar-refractivity contribution in [2.45, 2.75) is 25.7 Å². The van der Waals surface area contributed by atoms with Gasteiger partial charge in [-0.3, -0.25) is 14.5 Å². The van der Waals surface area contributed by atoms with E-state index in [-0.39, 0.29) is 17.6 Å². The van der Waals surface area contributed by atoms with Gasteiger partial charge in [0.2, 0.25) is 11.8 Å². The number of carbonyl (C=O) groups is 2. The fraction of sp³-hybridized carbons (Fsp3) is 0.600. The average molecular weight is 376 g/mol. The van der Waals surface area contributed by atoms with E-state index in [1.807, 2.05) is 4.90 Å². The number of amides is 2. The number of piperazine rings is 1. The molecular weight excluding hydrogens is 347 g/mol. The normalized spacial score (nSPS) is 21.3. The summed E-state index contributed by atoms with van der Waals surface area (Å²) in [4.78, 5) is 30.0. The highest BCUT2D eigenvalue weighted by Gasteiger charge is 2.26. The van der Waals surface area contributed by atoms with Crippen molar-refractivity contribution in [3.05, 3.63) is 30.1 Å². The highest BCUT2D eigenvalue weighted by molar-refractivity contribution is 5.78. The zero-order valence-corrected chi connectivity index (χ0v) is 15.8. The number of halogens is 1. The van der Waals surface area contributed by atoms with E-state index in [2.05, 4.69) is 9.80 Å². The van der Waals surface area contributed by atoms with Crippen molar-refractivity contribution in [1.29, 1.82) is 0 Å². The standard InChI is InChI=1S/C20H29FN4O2/c21-17-4-6-18(7-5-17)24-10-12-25(13-11-24)20(27)15-23-9-1-2-16(14-23)3-8-19(22)26/h4-7,16H,1-3,8-15H2,(H2,22,26). The zero-order valence-electron chi connectivity index (χ0n) is 15.8. The summed E-state index contributed by atoms with van der Waals surface area (Å²) in [7, 11) is 0. The van der Waals surface area contributed by atoms with Crippen molar-refractivity contribution >= 4 is 17.5 Å². The summed E-state index contributed by atoms with van der Waals surface area (Å²) in [5.41, 5.74) is 6.24. The Morgan fingerprint density at radius 3 is 2.44 bits per heavy atom. The molecule has 3 rings (SSSR count). The minimum absolute atomic E-state index is 0.171. The Balaban J connectivity index is 1.43. The van der Waals surface area contributed by atoms with Gasteiger partial charge in [-0.25, -0.2) is 4.39 Å². The van der Waals surface area contributed by atoms with Gasteiger partial charge in [-0.05, 0) is 56.0 Å². The van der Waals surface area contributed by atoms with Crippen LogP contribution in [0.25, 0.3) is 0 Å². The molecule has 2 saturated heterocycles. The summed E-state index contributed by atoms with van der Waals surface area (Å²) in [5.74, 6) is 0.143. The first kappa shape index (κ1) is 19.6. The highest BCUT2D eigenvalue weighted by Crippen LogP contribution is 2.21. The molecular formula is C20H29FN4O2. The van der Waals surface area contributed by atoms with Crippen LogP contribution >= 0.6 is 0 Å². The quantitative estimate of drug-likeness (QED) is 0.816. The van der Waals surface area contributed by atoms with Crippen LogP contribution in [0.2, 0.25) is 0 Å². The average Bonchev–Trinajstić information content (AvgIpc) is 2.67. The minimum atomic E-state index is -0.248. The maximum atomic E-state index is 13.1. The molecule has 0 aromatic heterocycles. The van der Waals surface area contributed by atoms with Crippen molar-refractivity contribution in [1.82, 2.24) is 9.80 Å². The van der Waals surface area contributed by atoms with Gasteiger partial charge >= 0.3 is 0 Å². The van der Waals surface area contributed by atoms with Crippen LogP contribution in [-0.4, -0.2) is 67.4 Å². The van der Waals surface area contributed by atoms with E-state index in [9.17, 15) is 14.0 Å². The molecule has 0 spiro atoms. The van der Waals surface area contributed by atoms with Crippen LogP contribution in [0.4, 0.5) is 10.1 Å².